The Morgan fingerprint density at radius 2 is 2.00 bits per heavy atom. The fourth-order valence-corrected chi connectivity index (χ4v) is 4.16. The highest BCUT2D eigenvalue weighted by Gasteiger charge is 2.26. The highest BCUT2D eigenvalue weighted by Crippen LogP contribution is 2.28. The Labute approximate surface area is 153 Å². The number of nitrogens with one attached hydrogen (secondary N) is 1. The summed E-state index contributed by atoms with van der Waals surface area (Å²) < 4.78 is 19.7. The number of carbonyl (C=O) groups is 2. The fraction of sp³-hybridized carbons (Fsp3) is 0.263. The van der Waals surface area contributed by atoms with E-state index >= 15 is 0 Å². The van der Waals surface area contributed by atoms with Gasteiger partial charge in [-0.3, -0.25) is 9.59 Å². The first kappa shape index (κ1) is 16.8. The number of thiophene rings is 1. The van der Waals surface area contributed by atoms with E-state index in [9.17, 15) is 14.0 Å². The van der Waals surface area contributed by atoms with Crippen LogP contribution in [-0.2, 0) is 0 Å². The second-order valence-corrected chi connectivity index (χ2v) is 7.36. The number of fused-ring (bicyclic) bond motifs is 1. The average molecular weight is 372 g/mol. The third kappa shape index (κ3) is 3.22. The molecule has 3 heterocycles. The number of benzene rings is 1. The molecule has 0 unspecified atom stereocenters. The molecule has 0 radical (unpaired) electrons. The lowest BCUT2D eigenvalue weighted by atomic mass is 10.0. The van der Waals surface area contributed by atoms with Crippen LogP contribution in [0.3, 0.4) is 0 Å². The van der Waals surface area contributed by atoms with Crippen molar-refractivity contribution in [2.45, 2.75) is 18.9 Å². The number of furan rings is 1. The molecule has 5 nitrogen and oxygen atoms in total. The van der Waals surface area contributed by atoms with Gasteiger partial charge in [0.25, 0.3) is 11.8 Å². The molecule has 7 heteroatoms. The molecule has 0 aliphatic carbocycles. The number of carbonyl (C=O) groups excluding carboxylic acids is 2. The summed E-state index contributed by atoms with van der Waals surface area (Å²) in [6.45, 7) is 1.12. The van der Waals surface area contributed by atoms with Gasteiger partial charge in [0.1, 0.15) is 5.82 Å². The molecule has 134 valence electrons. The van der Waals surface area contributed by atoms with Crippen molar-refractivity contribution in [3.63, 3.8) is 0 Å². The fourth-order valence-electron chi connectivity index (χ4n) is 3.18. The minimum Gasteiger partial charge on any atom is -0.459 e. The molecule has 0 bridgehead atoms. The van der Waals surface area contributed by atoms with Crippen LogP contribution >= 0.6 is 11.3 Å². The van der Waals surface area contributed by atoms with Gasteiger partial charge in [0.05, 0.1) is 11.1 Å². The van der Waals surface area contributed by atoms with Crippen molar-refractivity contribution < 1.29 is 18.4 Å². The van der Waals surface area contributed by atoms with E-state index in [-0.39, 0.29) is 23.7 Å². The van der Waals surface area contributed by atoms with E-state index < -0.39 is 0 Å². The van der Waals surface area contributed by atoms with Crippen molar-refractivity contribution in [2.75, 3.05) is 13.1 Å². The largest absolute Gasteiger partial charge is 0.459 e. The maximum absolute atomic E-state index is 13.8. The zero-order valence-corrected chi connectivity index (χ0v) is 14.7. The van der Waals surface area contributed by atoms with Crippen molar-refractivity contribution in [2.24, 2.45) is 0 Å². The van der Waals surface area contributed by atoms with E-state index in [0.717, 1.165) is 4.70 Å². The average Bonchev–Trinajstić information content (AvgIpc) is 3.32. The second kappa shape index (κ2) is 6.92. The Bertz CT molecular complexity index is 943. The van der Waals surface area contributed by atoms with E-state index in [1.807, 2.05) is 0 Å². The van der Waals surface area contributed by atoms with E-state index in [0.29, 0.717) is 42.0 Å². The second-order valence-electron chi connectivity index (χ2n) is 6.28. The van der Waals surface area contributed by atoms with Crippen LogP contribution < -0.4 is 5.32 Å². The minimum atomic E-state index is -0.317. The van der Waals surface area contributed by atoms with Crippen LogP contribution in [0.15, 0.2) is 47.1 Å². The lowest BCUT2D eigenvalue weighted by Gasteiger charge is -2.31. The third-order valence-electron chi connectivity index (χ3n) is 4.58. The Morgan fingerprint density at radius 3 is 2.69 bits per heavy atom. The highest BCUT2D eigenvalue weighted by molar-refractivity contribution is 7.20. The van der Waals surface area contributed by atoms with Gasteiger partial charge in [0.15, 0.2) is 5.76 Å². The van der Waals surface area contributed by atoms with Crippen molar-refractivity contribution in [3.05, 3.63) is 59.1 Å². The quantitative estimate of drug-likeness (QED) is 0.763. The number of halogens is 1. The van der Waals surface area contributed by atoms with Crippen LogP contribution in [0.4, 0.5) is 4.39 Å². The first-order valence-corrected chi connectivity index (χ1v) is 9.25. The number of amides is 2. The van der Waals surface area contributed by atoms with Crippen LogP contribution in [0.25, 0.3) is 10.1 Å². The monoisotopic (exact) mass is 372 g/mol. The number of hydrogen-bond acceptors (Lipinski definition) is 4. The van der Waals surface area contributed by atoms with Gasteiger partial charge >= 0.3 is 0 Å². The summed E-state index contributed by atoms with van der Waals surface area (Å²) in [6, 6.07) is 9.77. The molecule has 4 rings (SSSR count). The van der Waals surface area contributed by atoms with Crippen LogP contribution in [0.1, 0.15) is 33.1 Å². The van der Waals surface area contributed by atoms with Crippen LogP contribution in [0, 0.1) is 5.82 Å². The molecule has 1 fully saturated rings. The third-order valence-corrected chi connectivity index (χ3v) is 5.68. The van der Waals surface area contributed by atoms with Crippen LogP contribution in [0.2, 0.25) is 0 Å². The van der Waals surface area contributed by atoms with E-state index in [4.69, 9.17) is 4.42 Å². The van der Waals surface area contributed by atoms with Crippen molar-refractivity contribution in [3.8, 4) is 0 Å². The molecule has 0 saturated carbocycles. The summed E-state index contributed by atoms with van der Waals surface area (Å²) in [7, 11) is 0. The Kier molecular flexibility index (Phi) is 4.46. The zero-order valence-electron chi connectivity index (χ0n) is 13.9. The number of rotatable bonds is 3. The predicted molar refractivity (Wildman–Crippen MR) is 96.9 cm³/mol. The zero-order chi connectivity index (χ0) is 18.1. The summed E-state index contributed by atoms with van der Waals surface area (Å²) in [5.41, 5.74) is 0. The molecule has 1 aliphatic heterocycles. The summed E-state index contributed by atoms with van der Waals surface area (Å²) in [6.07, 6.45) is 2.84. The molecule has 26 heavy (non-hydrogen) atoms. The molecular formula is C19H17FN2O3S. The first-order valence-electron chi connectivity index (χ1n) is 8.43. The van der Waals surface area contributed by atoms with E-state index in [1.165, 1.54) is 23.7 Å². The van der Waals surface area contributed by atoms with Gasteiger partial charge in [-0.15, -0.1) is 11.3 Å². The molecule has 1 saturated heterocycles. The summed E-state index contributed by atoms with van der Waals surface area (Å²) in [4.78, 5) is 27.0. The van der Waals surface area contributed by atoms with Gasteiger partial charge in [-0.05, 0) is 43.2 Å². The smallest absolute Gasteiger partial charge is 0.289 e. The minimum absolute atomic E-state index is 0.00166. The Morgan fingerprint density at radius 1 is 1.19 bits per heavy atom. The normalized spacial score (nSPS) is 15.3. The number of nitrogens with zero attached hydrogens (tertiary/aromatic N) is 1. The topological polar surface area (TPSA) is 62.6 Å². The Balaban J connectivity index is 1.37. The molecule has 1 aromatic carbocycles. The maximum atomic E-state index is 13.8. The lowest BCUT2D eigenvalue weighted by Crippen LogP contribution is -2.46. The van der Waals surface area contributed by atoms with Crippen LogP contribution in [-0.4, -0.2) is 35.8 Å². The standard InChI is InChI=1S/C19H17FN2O3S/c20-14-3-1-5-16-13(14)11-17(26-16)18(23)21-12-6-8-22(9-7-12)19(24)15-4-2-10-25-15/h1-5,10-12H,6-9H2,(H,21,23). The summed E-state index contributed by atoms with van der Waals surface area (Å²) in [5.74, 6) is -0.302. The molecule has 1 aliphatic rings. The molecule has 2 amide bonds. The van der Waals surface area contributed by atoms with Gasteiger partial charge in [-0.1, -0.05) is 6.07 Å². The molecular weight excluding hydrogens is 355 g/mol. The lowest BCUT2D eigenvalue weighted by molar-refractivity contribution is 0.0667. The first-order chi connectivity index (χ1) is 12.6. The van der Waals surface area contributed by atoms with Crippen molar-refractivity contribution in [1.29, 1.82) is 0 Å². The van der Waals surface area contributed by atoms with Gasteiger partial charge < -0.3 is 14.6 Å². The van der Waals surface area contributed by atoms with E-state index in [1.54, 1.807) is 35.2 Å². The van der Waals surface area contributed by atoms with Gasteiger partial charge in [-0.2, -0.15) is 0 Å². The molecule has 1 N–H and O–H groups in total. The molecule has 3 aromatic rings. The summed E-state index contributed by atoms with van der Waals surface area (Å²) in [5, 5.41) is 3.47. The van der Waals surface area contributed by atoms with Gasteiger partial charge in [0.2, 0.25) is 0 Å². The van der Waals surface area contributed by atoms with Crippen molar-refractivity contribution >= 4 is 33.2 Å². The van der Waals surface area contributed by atoms with Crippen LogP contribution in [0.5, 0.6) is 0 Å². The van der Waals surface area contributed by atoms with Gasteiger partial charge in [-0.25, -0.2) is 4.39 Å². The predicted octanol–water partition coefficient (Wildman–Crippen LogP) is 3.67. The van der Waals surface area contributed by atoms with Gasteiger partial charge in [0, 0.05) is 29.2 Å². The summed E-state index contributed by atoms with van der Waals surface area (Å²) >= 11 is 1.28. The number of likely N-dealkylation sites (tertiary alicyclic amines) is 1. The number of hydrogen-bond donors (Lipinski definition) is 1. The van der Waals surface area contributed by atoms with E-state index in [2.05, 4.69) is 5.32 Å². The molecule has 0 atom stereocenters. The molecule has 2 aromatic heterocycles. The Hall–Kier alpha value is -2.67. The maximum Gasteiger partial charge on any atom is 0.289 e. The highest BCUT2D eigenvalue weighted by atomic mass is 32.1. The number of piperidine rings is 1. The molecule has 0 spiro atoms. The SMILES string of the molecule is O=C(NC1CCN(C(=O)c2ccco2)CC1)c1cc2c(F)cccc2s1. The van der Waals surface area contributed by atoms with Crippen molar-refractivity contribution in [1.82, 2.24) is 10.2 Å².